The summed E-state index contributed by atoms with van der Waals surface area (Å²) in [5, 5.41) is 7.96. The van der Waals surface area contributed by atoms with Gasteiger partial charge in [0.05, 0.1) is 5.69 Å². The van der Waals surface area contributed by atoms with Gasteiger partial charge < -0.3 is 10.1 Å². The smallest absolute Gasteiger partial charge is 0.275 e. The molecule has 8 heteroatoms. The Morgan fingerprint density at radius 1 is 1.30 bits per heavy atom. The van der Waals surface area contributed by atoms with Gasteiger partial charge in [0.15, 0.2) is 0 Å². The zero-order valence-corrected chi connectivity index (χ0v) is 16.2. The molecule has 2 aromatic heterocycles. The zero-order chi connectivity index (χ0) is 19.2. The van der Waals surface area contributed by atoms with Crippen LogP contribution in [0.5, 0.6) is 5.75 Å². The van der Waals surface area contributed by atoms with Crippen molar-refractivity contribution in [1.82, 2.24) is 14.6 Å². The first kappa shape index (κ1) is 19.0. The van der Waals surface area contributed by atoms with E-state index in [0.29, 0.717) is 28.5 Å². The predicted octanol–water partition coefficient (Wildman–Crippen LogP) is 3.42. The molecule has 0 radical (unpaired) electrons. The second-order valence-electron chi connectivity index (χ2n) is 6.10. The van der Waals surface area contributed by atoms with Gasteiger partial charge in [-0.05, 0) is 25.0 Å². The van der Waals surface area contributed by atoms with Gasteiger partial charge in [-0.2, -0.15) is 9.61 Å². The van der Waals surface area contributed by atoms with E-state index >= 15 is 0 Å². The van der Waals surface area contributed by atoms with Gasteiger partial charge in [-0.25, -0.2) is 4.98 Å². The van der Waals surface area contributed by atoms with Crippen molar-refractivity contribution < 1.29 is 9.53 Å². The number of aromatic nitrogens is 3. The molecule has 3 rings (SSSR count). The number of nitrogens with zero attached hydrogens (tertiary/aromatic N) is 3. The van der Waals surface area contributed by atoms with Crippen molar-refractivity contribution in [2.24, 2.45) is 0 Å². The molecule has 0 atom stereocenters. The molecule has 0 unspecified atom stereocenters. The number of unbranched alkanes of at least 4 members (excludes halogenated alkanes) is 1. The second kappa shape index (κ2) is 8.77. The van der Waals surface area contributed by atoms with Crippen LogP contribution in [-0.4, -0.2) is 20.5 Å². The summed E-state index contributed by atoms with van der Waals surface area (Å²) in [6, 6.07) is 8.62. The minimum Gasteiger partial charge on any atom is -0.487 e. The van der Waals surface area contributed by atoms with Crippen LogP contribution < -0.4 is 15.6 Å². The van der Waals surface area contributed by atoms with E-state index in [9.17, 15) is 9.59 Å². The van der Waals surface area contributed by atoms with Gasteiger partial charge in [-0.15, -0.1) is 0 Å². The Morgan fingerprint density at radius 2 is 2.15 bits per heavy atom. The summed E-state index contributed by atoms with van der Waals surface area (Å²) in [5.74, 6) is 0.593. The van der Waals surface area contributed by atoms with Crippen molar-refractivity contribution in [3.05, 3.63) is 51.4 Å². The second-order valence-corrected chi connectivity index (χ2v) is 7.14. The number of benzene rings is 1. The predicted molar refractivity (Wildman–Crippen MR) is 105 cm³/mol. The average Bonchev–Trinajstić information content (AvgIpc) is 3.09. The number of rotatable bonds is 8. The van der Waals surface area contributed by atoms with E-state index in [2.05, 4.69) is 15.4 Å². The number of nitrogens with one attached hydrogen (secondary N) is 1. The van der Waals surface area contributed by atoms with Gasteiger partial charge in [0.25, 0.3) is 5.56 Å². The molecular formula is C19H22N4O3S. The topological polar surface area (TPSA) is 85.6 Å². The van der Waals surface area contributed by atoms with E-state index in [1.165, 1.54) is 21.9 Å². The average molecular weight is 386 g/mol. The number of aryl methyl sites for hydroxylation is 1. The molecule has 0 aliphatic heterocycles. The number of ether oxygens (including phenoxy) is 1. The van der Waals surface area contributed by atoms with Crippen molar-refractivity contribution in [2.75, 3.05) is 5.32 Å². The highest BCUT2D eigenvalue weighted by atomic mass is 32.1. The molecule has 0 fully saturated rings. The van der Waals surface area contributed by atoms with Crippen molar-refractivity contribution in [3.8, 4) is 5.75 Å². The van der Waals surface area contributed by atoms with Crippen LogP contribution in [0.2, 0.25) is 0 Å². The van der Waals surface area contributed by atoms with Crippen molar-refractivity contribution in [1.29, 1.82) is 0 Å². The normalized spacial score (nSPS) is 10.9. The molecule has 7 nitrogen and oxygen atoms in total. The third-order valence-corrected chi connectivity index (χ3v) is 4.96. The SMILES string of the molecule is CCCCC(=O)Nc1cccc(OCc2cc(=O)n3nc(CC)sc3n2)c1. The van der Waals surface area contributed by atoms with Crippen LogP contribution >= 0.6 is 11.3 Å². The van der Waals surface area contributed by atoms with E-state index in [1.54, 1.807) is 12.1 Å². The van der Waals surface area contributed by atoms with E-state index in [0.717, 1.165) is 24.3 Å². The molecule has 0 aliphatic carbocycles. The summed E-state index contributed by atoms with van der Waals surface area (Å²) in [6.07, 6.45) is 3.11. The maximum absolute atomic E-state index is 12.2. The Morgan fingerprint density at radius 3 is 2.93 bits per heavy atom. The van der Waals surface area contributed by atoms with Gasteiger partial charge >= 0.3 is 0 Å². The van der Waals surface area contributed by atoms with Crippen LogP contribution in [0.3, 0.4) is 0 Å². The number of fused-ring (bicyclic) bond motifs is 1. The van der Waals surface area contributed by atoms with Gasteiger partial charge in [-0.1, -0.05) is 37.7 Å². The fourth-order valence-electron chi connectivity index (χ4n) is 2.49. The molecule has 0 bridgehead atoms. The molecule has 27 heavy (non-hydrogen) atoms. The third-order valence-electron chi connectivity index (χ3n) is 3.90. The van der Waals surface area contributed by atoms with E-state index in [4.69, 9.17) is 4.74 Å². The fraction of sp³-hybridized carbons (Fsp3) is 0.368. The Hall–Kier alpha value is -2.74. The first-order valence-electron chi connectivity index (χ1n) is 9.00. The number of anilines is 1. The van der Waals surface area contributed by atoms with Crippen molar-refractivity contribution >= 4 is 27.9 Å². The molecule has 142 valence electrons. The van der Waals surface area contributed by atoms with Gasteiger partial charge in [0, 0.05) is 24.2 Å². The number of hydrogen-bond donors (Lipinski definition) is 1. The van der Waals surface area contributed by atoms with E-state index < -0.39 is 0 Å². The first-order chi connectivity index (χ1) is 13.1. The minimum atomic E-state index is -0.216. The number of carbonyl (C=O) groups excluding carboxylic acids is 1. The maximum Gasteiger partial charge on any atom is 0.275 e. The summed E-state index contributed by atoms with van der Waals surface area (Å²) >= 11 is 1.40. The molecule has 0 saturated heterocycles. The summed E-state index contributed by atoms with van der Waals surface area (Å²) in [4.78, 5) is 29.0. The van der Waals surface area contributed by atoms with E-state index in [-0.39, 0.29) is 18.1 Å². The standard InChI is InChI=1S/C19H22N4O3S/c1-3-5-9-16(24)20-13-7-6-8-15(10-13)26-12-14-11-18(25)23-19(21-14)27-17(4-2)22-23/h6-8,10-11H,3-5,9,12H2,1-2H3,(H,20,24). The van der Waals surface area contributed by atoms with Crippen LogP contribution in [0, 0.1) is 0 Å². The summed E-state index contributed by atoms with van der Waals surface area (Å²) in [6.45, 7) is 4.20. The Balaban J connectivity index is 1.68. The molecule has 1 amide bonds. The zero-order valence-electron chi connectivity index (χ0n) is 15.4. The molecule has 1 aromatic carbocycles. The Kier molecular flexibility index (Phi) is 6.18. The third kappa shape index (κ3) is 4.91. The molecule has 0 saturated carbocycles. The largest absolute Gasteiger partial charge is 0.487 e. The van der Waals surface area contributed by atoms with Gasteiger partial charge in [0.2, 0.25) is 10.9 Å². The highest BCUT2D eigenvalue weighted by Gasteiger charge is 2.09. The highest BCUT2D eigenvalue weighted by molar-refractivity contribution is 7.16. The van der Waals surface area contributed by atoms with Gasteiger partial charge in [-0.3, -0.25) is 9.59 Å². The maximum atomic E-state index is 12.2. The molecular weight excluding hydrogens is 364 g/mol. The van der Waals surface area contributed by atoms with Crippen LogP contribution in [0.1, 0.15) is 43.8 Å². The Bertz CT molecular complexity index is 996. The van der Waals surface area contributed by atoms with Crippen LogP contribution in [-0.2, 0) is 17.8 Å². The molecule has 0 aliphatic rings. The number of carbonyl (C=O) groups is 1. The molecule has 3 aromatic rings. The Labute approximate surface area is 161 Å². The molecule has 0 spiro atoms. The quantitative estimate of drug-likeness (QED) is 0.641. The monoisotopic (exact) mass is 386 g/mol. The number of hydrogen-bond acceptors (Lipinski definition) is 6. The van der Waals surface area contributed by atoms with E-state index in [1.807, 2.05) is 26.0 Å². The van der Waals surface area contributed by atoms with Crippen molar-refractivity contribution in [3.63, 3.8) is 0 Å². The lowest BCUT2D eigenvalue weighted by atomic mass is 10.2. The summed E-state index contributed by atoms with van der Waals surface area (Å²) < 4.78 is 7.07. The molecule has 2 heterocycles. The van der Waals surface area contributed by atoms with Crippen molar-refractivity contribution in [2.45, 2.75) is 46.1 Å². The minimum absolute atomic E-state index is 0.00827. The lowest BCUT2D eigenvalue weighted by Crippen LogP contribution is -2.16. The summed E-state index contributed by atoms with van der Waals surface area (Å²) in [7, 11) is 0. The highest BCUT2D eigenvalue weighted by Crippen LogP contribution is 2.19. The lowest BCUT2D eigenvalue weighted by Gasteiger charge is -2.09. The van der Waals surface area contributed by atoms with Crippen LogP contribution in [0.4, 0.5) is 5.69 Å². The van der Waals surface area contributed by atoms with Crippen LogP contribution in [0.25, 0.3) is 4.96 Å². The number of amides is 1. The lowest BCUT2D eigenvalue weighted by molar-refractivity contribution is -0.116. The van der Waals surface area contributed by atoms with Crippen LogP contribution in [0.15, 0.2) is 35.1 Å². The fourth-order valence-corrected chi connectivity index (χ4v) is 3.35. The van der Waals surface area contributed by atoms with Gasteiger partial charge in [0.1, 0.15) is 17.4 Å². The molecule has 1 N–H and O–H groups in total. The first-order valence-corrected chi connectivity index (χ1v) is 9.82. The summed E-state index contributed by atoms with van der Waals surface area (Å²) in [5.41, 5.74) is 1.02.